The molecule has 2 N–H and O–H groups in total. The van der Waals surface area contributed by atoms with Crippen LogP contribution in [0.1, 0.15) is 19.3 Å². The van der Waals surface area contributed by atoms with Gasteiger partial charge in [0.15, 0.2) is 0 Å². The highest BCUT2D eigenvalue weighted by Crippen LogP contribution is 2.11. The van der Waals surface area contributed by atoms with Gasteiger partial charge < -0.3 is 15.0 Å². The zero-order valence-corrected chi connectivity index (χ0v) is 16.5. The number of likely N-dealkylation sites (N-methyl/N-ethyl adjacent to an activating group) is 1. The van der Waals surface area contributed by atoms with E-state index in [1.54, 1.807) is 6.34 Å². The van der Waals surface area contributed by atoms with Gasteiger partial charge in [-0.3, -0.25) is 10.3 Å². The van der Waals surface area contributed by atoms with Gasteiger partial charge in [-0.05, 0) is 26.3 Å². The summed E-state index contributed by atoms with van der Waals surface area (Å²) in [6.45, 7) is 6.32. The molecule has 2 aliphatic rings. The van der Waals surface area contributed by atoms with Gasteiger partial charge in [-0.15, -0.1) is 0 Å². The van der Waals surface area contributed by atoms with E-state index >= 15 is 0 Å². The van der Waals surface area contributed by atoms with Crippen molar-refractivity contribution in [2.24, 2.45) is 4.99 Å². The lowest BCUT2D eigenvalue weighted by Gasteiger charge is -2.32. The molecule has 26 heavy (non-hydrogen) atoms. The van der Waals surface area contributed by atoms with E-state index < -0.39 is 0 Å². The van der Waals surface area contributed by atoms with Gasteiger partial charge in [-0.1, -0.05) is 47.5 Å². The molecule has 0 atom stereocenters. The predicted molar refractivity (Wildman–Crippen MR) is 115 cm³/mol. The summed E-state index contributed by atoms with van der Waals surface area (Å²) in [4.78, 5) is 9.16. The maximum absolute atomic E-state index is 4.18. The standard InChI is InChI=1S/C20H34BN5/c1-22-17-24-18-23-12-11-19-7-3-5-9-20(10-6-4-8-19)21-26-15-13-25(2)14-16-26/h3,6-10,17,21,23H,4-5,11-16,18H2,1-2H3,(H,22,24)/b7-3-,10-6-,19-8+,20-9+. The Bertz CT molecular complexity index is 542. The third-order valence-corrected chi connectivity index (χ3v) is 4.71. The topological polar surface area (TPSA) is 42.9 Å². The van der Waals surface area contributed by atoms with Crippen molar-refractivity contribution >= 4 is 13.8 Å². The molecule has 1 saturated heterocycles. The van der Waals surface area contributed by atoms with Gasteiger partial charge in [-0.25, -0.2) is 0 Å². The van der Waals surface area contributed by atoms with Crippen LogP contribution in [0.15, 0.2) is 52.5 Å². The maximum Gasteiger partial charge on any atom is 0.238 e. The van der Waals surface area contributed by atoms with Gasteiger partial charge in [0.05, 0.1) is 13.0 Å². The van der Waals surface area contributed by atoms with E-state index in [2.05, 4.69) is 68.8 Å². The minimum Gasteiger partial charge on any atom is -0.379 e. The van der Waals surface area contributed by atoms with E-state index in [0.29, 0.717) is 6.67 Å². The summed E-state index contributed by atoms with van der Waals surface area (Å²) < 4.78 is 0. The van der Waals surface area contributed by atoms with Crippen molar-refractivity contribution in [1.82, 2.24) is 20.3 Å². The SMILES string of the molecule is CN/C=N\CNCCC1=C/C/C=C\C(BN2CCN(C)CC2)=C/C/C=C\1. The fraction of sp³-hybridized carbons (Fsp3) is 0.550. The lowest BCUT2D eigenvalue weighted by atomic mass is 9.77. The Morgan fingerprint density at radius 3 is 2.69 bits per heavy atom. The Hall–Kier alpha value is -1.63. The highest BCUT2D eigenvalue weighted by Gasteiger charge is 2.15. The van der Waals surface area contributed by atoms with E-state index in [9.17, 15) is 0 Å². The van der Waals surface area contributed by atoms with Gasteiger partial charge in [0.1, 0.15) is 0 Å². The minimum atomic E-state index is 0.663. The molecule has 1 fully saturated rings. The van der Waals surface area contributed by atoms with Crippen LogP contribution in [0.3, 0.4) is 0 Å². The van der Waals surface area contributed by atoms with Crippen molar-refractivity contribution in [1.29, 1.82) is 0 Å². The van der Waals surface area contributed by atoms with E-state index in [-0.39, 0.29) is 0 Å². The highest BCUT2D eigenvalue weighted by atomic mass is 15.2. The zero-order valence-electron chi connectivity index (χ0n) is 16.5. The smallest absolute Gasteiger partial charge is 0.238 e. The van der Waals surface area contributed by atoms with E-state index in [4.69, 9.17) is 0 Å². The van der Waals surface area contributed by atoms with Crippen LogP contribution in [0.2, 0.25) is 0 Å². The molecular formula is C20H34BN5. The maximum atomic E-state index is 4.18. The molecule has 0 bridgehead atoms. The first-order valence-corrected chi connectivity index (χ1v) is 9.76. The normalized spacial score (nSPS) is 26.5. The first-order chi connectivity index (χ1) is 12.8. The number of piperazine rings is 1. The van der Waals surface area contributed by atoms with Crippen LogP contribution in [0.25, 0.3) is 0 Å². The third kappa shape index (κ3) is 8.65. The fourth-order valence-corrected chi connectivity index (χ4v) is 3.09. The van der Waals surface area contributed by atoms with Crippen molar-refractivity contribution in [3.8, 4) is 0 Å². The van der Waals surface area contributed by atoms with Crippen LogP contribution < -0.4 is 10.6 Å². The number of allylic oxidation sites excluding steroid dienone is 7. The van der Waals surface area contributed by atoms with Gasteiger partial charge in [0.2, 0.25) is 7.41 Å². The summed E-state index contributed by atoms with van der Waals surface area (Å²) >= 11 is 0. The number of rotatable bonds is 8. The Kier molecular flexibility index (Phi) is 10.1. The molecule has 0 aromatic heterocycles. The summed E-state index contributed by atoms with van der Waals surface area (Å²) in [5.41, 5.74) is 2.84. The first-order valence-electron chi connectivity index (χ1n) is 9.76. The Morgan fingerprint density at radius 1 is 1.12 bits per heavy atom. The van der Waals surface area contributed by atoms with Crippen molar-refractivity contribution in [3.05, 3.63) is 47.5 Å². The molecule has 0 saturated carbocycles. The number of nitrogens with zero attached hydrogens (tertiary/aromatic N) is 3. The van der Waals surface area contributed by atoms with E-state index in [1.165, 1.54) is 37.2 Å². The number of nitrogens with one attached hydrogen (secondary N) is 2. The van der Waals surface area contributed by atoms with Crippen molar-refractivity contribution in [2.75, 3.05) is 53.5 Å². The molecule has 1 aliphatic heterocycles. The highest BCUT2D eigenvalue weighted by molar-refractivity contribution is 6.43. The molecular weight excluding hydrogens is 321 g/mol. The van der Waals surface area contributed by atoms with Crippen molar-refractivity contribution in [3.63, 3.8) is 0 Å². The molecule has 5 nitrogen and oxygen atoms in total. The summed E-state index contributed by atoms with van der Waals surface area (Å²) in [5, 5.41) is 6.23. The summed E-state index contributed by atoms with van der Waals surface area (Å²) in [5.74, 6) is 0. The largest absolute Gasteiger partial charge is 0.379 e. The van der Waals surface area contributed by atoms with Crippen LogP contribution in [0.5, 0.6) is 0 Å². The van der Waals surface area contributed by atoms with Crippen molar-refractivity contribution in [2.45, 2.75) is 19.3 Å². The molecule has 0 radical (unpaired) electrons. The second-order valence-electron chi connectivity index (χ2n) is 6.92. The monoisotopic (exact) mass is 355 g/mol. The van der Waals surface area contributed by atoms with Crippen LogP contribution in [-0.4, -0.2) is 77.0 Å². The number of hydrogen-bond acceptors (Lipinski definition) is 4. The van der Waals surface area contributed by atoms with Gasteiger partial charge in [0, 0.05) is 39.8 Å². The van der Waals surface area contributed by atoms with Crippen LogP contribution in [0, 0.1) is 0 Å². The first kappa shape index (κ1) is 20.7. The van der Waals surface area contributed by atoms with Gasteiger partial charge in [-0.2, -0.15) is 0 Å². The lowest BCUT2D eigenvalue weighted by molar-refractivity contribution is 0.225. The van der Waals surface area contributed by atoms with Gasteiger partial charge >= 0.3 is 0 Å². The van der Waals surface area contributed by atoms with Crippen LogP contribution in [-0.2, 0) is 0 Å². The molecule has 0 amide bonds. The Balaban J connectivity index is 1.75. The predicted octanol–water partition coefficient (Wildman–Crippen LogP) is 1.49. The molecule has 0 aromatic carbocycles. The van der Waals surface area contributed by atoms with E-state index in [0.717, 1.165) is 33.2 Å². The molecule has 2 rings (SSSR count). The average Bonchev–Trinajstić information content (AvgIpc) is 2.66. The fourth-order valence-electron chi connectivity index (χ4n) is 3.09. The lowest BCUT2D eigenvalue weighted by Crippen LogP contribution is -2.46. The molecule has 1 heterocycles. The molecule has 142 valence electrons. The average molecular weight is 355 g/mol. The summed E-state index contributed by atoms with van der Waals surface area (Å²) in [7, 11) is 5.14. The Labute approximate surface area is 159 Å². The zero-order chi connectivity index (χ0) is 18.5. The number of aliphatic imine (C=N–C) groups is 1. The molecule has 0 aromatic rings. The van der Waals surface area contributed by atoms with Crippen molar-refractivity contribution < 1.29 is 0 Å². The summed E-state index contributed by atoms with van der Waals surface area (Å²) in [6.07, 6.45) is 18.6. The van der Waals surface area contributed by atoms with Crippen LogP contribution >= 0.6 is 0 Å². The Morgan fingerprint density at radius 2 is 1.88 bits per heavy atom. The number of hydrogen-bond donors (Lipinski definition) is 2. The molecule has 0 spiro atoms. The quantitative estimate of drug-likeness (QED) is 0.300. The third-order valence-electron chi connectivity index (χ3n) is 4.71. The molecule has 1 aliphatic carbocycles. The summed E-state index contributed by atoms with van der Waals surface area (Å²) in [6, 6.07) is 0. The second kappa shape index (κ2) is 12.7. The second-order valence-corrected chi connectivity index (χ2v) is 6.92. The molecule has 6 heteroatoms. The van der Waals surface area contributed by atoms with Gasteiger partial charge in [0.25, 0.3) is 0 Å². The molecule has 0 unspecified atom stereocenters. The minimum absolute atomic E-state index is 0.663. The van der Waals surface area contributed by atoms with E-state index in [1.807, 2.05) is 7.05 Å². The van der Waals surface area contributed by atoms with Crippen LogP contribution in [0.4, 0.5) is 0 Å².